The Balaban J connectivity index is 1.75. The Bertz CT molecular complexity index is 1190. The molecule has 3 aromatic carbocycles. The van der Waals surface area contributed by atoms with Gasteiger partial charge in [0.05, 0.1) is 5.56 Å². The quantitative estimate of drug-likeness (QED) is 0.385. The van der Waals surface area contributed by atoms with Crippen LogP contribution in [0.3, 0.4) is 0 Å². The minimum atomic E-state index is -4.49. The average molecular weight is 443 g/mol. The van der Waals surface area contributed by atoms with E-state index >= 15 is 4.39 Å². The molecule has 32 heavy (non-hydrogen) atoms. The summed E-state index contributed by atoms with van der Waals surface area (Å²) in [4.78, 5) is 0. The highest BCUT2D eigenvalue weighted by Crippen LogP contribution is 2.40. The van der Waals surface area contributed by atoms with Crippen LogP contribution in [-0.4, -0.2) is 13.2 Å². The summed E-state index contributed by atoms with van der Waals surface area (Å²) in [5.74, 6) is -0.102. The van der Waals surface area contributed by atoms with Crippen LogP contribution in [-0.2, 0) is 12.7 Å². The Morgan fingerprint density at radius 3 is 2.44 bits per heavy atom. The fourth-order valence-corrected chi connectivity index (χ4v) is 3.73. The predicted molar refractivity (Wildman–Crippen MR) is 116 cm³/mol. The fraction of sp³-hybridized carbons (Fsp3) is 0.200. The van der Waals surface area contributed by atoms with Gasteiger partial charge in [0.2, 0.25) is 0 Å². The highest BCUT2D eigenvalue weighted by Gasteiger charge is 2.32. The molecule has 0 amide bonds. The number of nitrogens with two attached hydrogens (primary N) is 1. The second kappa shape index (κ2) is 8.67. The molecule has 166 valence electrons. The number of fused-ring (bicyclic) bond motifs is 1. The molecule has 0 radical (unpaired) electrons. The van der Waals surface area contributed by atoms with E-state index in [2.05, 4.69) is 0 Å². The number of rotatable bonds is 4. The Morgan fingerprint density at radius 1 is 0.938 bits per heavy atom. The van der Waals surface area contributed by atoms with Gasteiger partial charge in [0.25, 0.3) is 0 Å². The monoisotopic (exact) mass is 443 g/mol. The highest BCUT2D eigenvalue weighted by molar-refractivity contribution is 5.79. The van der Waals surface area contributed by atoms with E-state index in [0.29, 0.717) is 34.6 Å². The van der Waals surface area contributed by atoms with Crippen LogP contribution in [0.4, 0.5) is 17.6 Å². The van der Waals surface area contributed by atoms with Gasteiger partial charge >= 0.3 is 6.18 Å². The molecule has 2 N–H and O–H groups in total. The van der Waals surface area contributed by atoms with Crippen LogP contribution >= 0.6 is 0 Å². The molecule has 0 unspecified atom stereocenters. The van der Waals surface area contributed by atoms with Crippen LogP contribution in [0.25, 0.3) is 23.3 Å². The van der Waals surface area contributed by atoms with Crippen molar-refractivity contribution in [3.63, 3.8) is 0 Å². The van der Waals surface area contributed by atoms with Gasteiger partial charge in [-0.15, -0.1) is 0 Å². The molecule has 0 atom stereocenters. The number of hydrogen-bond acceptors (Lipinski definition) is 3. The summed E-state index contributed by atoms with van der Waals surface area (Å²) in [7, 11) is 0. The van der Waals surface area contributed by atoms with Gasteiger partial charge < -0.3 is 15.2 Å². The zero-order valence-corrected chi connectivity index (χ0v) is 17.3. The lowest BCUT2D eigenvalue weighted by Crippen LogP contribution is -2.16. The van der Waals surface area contributed by atoms with Gasteiger partial charge in [-0.05, 0) is 59.0 Å². The largest absolute Gasteiger partial charge is 0.486 e. The van der Waals surface area contributed by atoms with Gasteiger partial charge in [-0.2, -0.15) is 13.2 Å². The van der Waals surface area contributed by atoms with E-state index in [-0.39, 0.29) is 24.5 Å². The van der Waals surface area contributed by atoms with Crippen molar-refractivity contribution in [2.75, 3.05) is 13.2 Å². The van der Waals surface area contributed by atoms with Crippen molar-refractivity contribution in [2.45, 2.75) is 19.6 Å². The van der Waals surface area contributed by atoms with Crippen molar-refractivity contribution in [3.8, 4) is 22.6 Å². The fourth-order valence-electron chi connectivity index (χ4n) is 3.73. The van der Waals surface area contributed by atoms with Crippen LogP contribution in [0.5, 0.6) is 11.5 Å². The molecule has 0 bridgehead atoms. The van der Waals surface area contributed by atoms with E-state index in [1.807, 2.05) is 0 Å². The van der Waals surface area contributed by atoms with Gasteiger partial charge in [0.1, 0.15) is 13.2 Å². The van der Waals surface area contributed by atoms with Crippen LogP contribution in [0.1, 0.15) is 27.8 Å². The first kappa shape index (κ1) is 21.9. The van der Waals surface area contributed by atoms with E-state index in [0.717, 1.165) is 11.6 Å². The Morgan fingerprint density at radius 2 is 1.69 bits per heavy atom. The van der Waals surface area contributed by atoms with Crippen LogP contribution < -0.4 is 15.2 Å². The number of halogens is 4. The van der Waals surface area contributed by atoms with Crippen molar-refractivity contribution in [1.82, 2.24) is 0 Å². The smallest absolute Gasteiger partial charge is 0.416 e. The molecule has 0 spiro atoms. The van der Waals surface area contributed by atoms with Gasteiger partial charge in [0, 0.05) is 12.1 Å². The third-order valence-electron chi connectivity index (χ3n) is 5.41. The van der Waals surface area contributed by atoms with Gasteiger partial charge in [-0.25, -0.2) is 4.39 Å². The van der Waals surface area contributed by atoms with Crippen molar-refractivity contribution < 1.29 is 27.0 Å². The lowest BCUT2D eigenvalue weighted by atomic mass is 9.94. The van der Waals surface area contributed by atoms with Gasteiger partial charge in [0.15, 0.2) is 17.3 Å². The molecular formula is C25H21F4NO2. The average Bonchev–Trinajstić information content (AvgIpc) is 2.78. The molecule has 4 rings (SSSR count). The van der Waals surface area contributed by atoms with Crippen molar-refractivity contribution in [3.05, 3.63) is 82.2 Å². The molecule has 3 aromatic rings. The standard InChI is InChI=1S/C25H21F4NO2/c1-15-17(6-7-18-13-16(14-30)5-9-21(18)25(27,28)29)3-2-4-19(15)20-8-10-22-24(23(20)26)32-12-11-31-22/h2-10,13H,11-12,14,30H2,1H3/b7-6+. The summed E-state index contributed by atoms with van der Waals surface area (Å²) < 4.78 is 66.2. The maximum atomic E-state index is 15.1. The molecule has 1 aliphatic heterocycles. The second-order valence-electron chi connectivity index (χ2n) is 7.43. The van der Waals surface area contributed by atoms with Crippen molar-refractivity contribution in [1.29, 1.82) is 0 Å². The summed E-state index contributed by atoms with van der Waals surface area (Å²) in [5, 5.41) is 0. The van der Waals surface area contributed by atoms with E-state index in [1.54, 1.807) is 43.3 Å². The summed E-state index contributed by atoms with van der Waals surface area (Å²) in [5.41, 5.74) is 7.83. The SMILES string of the molecule is Cc1c(/C=C/c2cc(CN)ccc2C(F)(F)F)cccc1-c1ccc2c(c1F)OCCO2. The molecule has 1 aliphatic rings. The minimum absolute atomic E-state index is 0.0239. The van der Waals surface area contributed by atoms with Crippen molar-refractivity contribution >= 4 is 12.2 Å². The molecule has 0 fully saturated rings. The van der Waals surface area contributed by atoms with Crippen LogP contribution in [0.15, 0.2) is 48.5 Å². The Hall–Kier alpha value is -3.32. The molecule has 0 aliphatic carbocycles. The Labute approximate surface area is 183 Å². The van der Waals surface area contributed by atoms with E-state index in [4.69, 9.17) is 15.2 Å². The van der Waals surface area contributed by atoms with Crippen LogP contribution in [0.2, 0.25) is 0 Å². The molecular weight excluding hydrogens is 422 g/mol. The third-order valence-corrected chi connectivity index (χ3v) is 5.41. The molecule has 1 heterocycles. The highest BCUT2D eigenvalue weighted by atomic mass is 19.4. The number of ether oxygens (including phenoxy) is 2. The summed E-state index contributed by atoms with van der Waals surface area (Å²) in [6.45, 7) is 2.55. The Kier molecular flexibility index (Phi) is 5.93. The first-order valence-corrected chi connectivity index (χ1v) is 10.1. The molecule has 0 saturated carbocycles. The topological polar surface area (TPSA) is 44.5 Å². The summed E-state index contributed by atoms with van der Waals surface area (Å²) >= 11 is 0. The summed E-state index contributed by atoms with van der Waals surface area (Å²) in [6, 6.07) is 12.4. The first-order chi connectivity index (χ1) is 15.3. The first-order valence-electron chi connectivity index (χ1n) is 10.1. The van der Waals surface area contributed by atoms with Crippen LogP contribution in [0, 0.1) is 12.7 Å². The minimum Gasteiger partial charge on any atom is -0.486 e. The van der Waals surface area contributed by atoms with E-state index < -0.39 is 17.6 Å². The second-order valence-corrected chi connectivity index (χ2v) is 7.43. The predicted octanol–water partition coefficient (Wildman–Crippen LogP) is 6.22. The van der Waals surface area contributed by atoms with Gasteiger partial charge in [-0.3, -0.25) is 0 Å². The summed E-state index contributed by atoms with van der Waals surface area (Å²) in [6.07, 6.45) is -1.48. The number of alkyl halides is 3. The van der Waals surface area contributed by atoms with E-state index in [9.17, 15) is 13.2 Å². The number of benzene rings is 3. The normalized spacial score (nSPS) is 13.6. The van der Waals surface area contributed by atoms with E-state index in [1.165, 1.54) is 18.2 Å². The maximum Gasteiger partial charge on any atom is 0.416 e. The zero-order valence-electron chi connectivity index (χ0n) is 17.3. The third kappa shape index (κ3) is 4.21. The molecule has 0 aromatic heterocycles. The van der Waals surface area contributed by atoms with Gasteiger partial charge in [-0.1, -0.05) is 36.4 Å². The number of hydrogen-bond donors (Lipinski definition) is 1. The lowest BCUT2D eigenvalue weighted by molar-refractivity contribution is -0.137. The molecule has 3 nitrogen and oxygen atoms in total. The maximum absolute atomic E-state index is 15.1. The molecule has 0 saturated heterocycles. The molecule has 7 heteroatoms. The zero-order chi connectivity index (χ0) is 22.9. The lowest BCUT2D eigenvalue weighted by Gasteiger charge is -2.20. The van der Waals surface area contributed by atoms with Crippen molar-refractivity contribution in [2.24, 2.45) is 5.73 Å².